The molecule has 0 radical (unpaired) electrons. The number of carbonyl (C=O) groups excluding carboxylic acids is 2. The number of hydrogen-bond acceptors (Lipinski definition) is 6. The third-order valence-corrected chi connectivity index (χ3v) is 6.15. The van der Waals surface area contributed by atoms with Crippen LogP contribution in [0.2, 0.25) is 0 Å². The molecular weight excluding hydrogens is 462 g/mol. The van der Waals surface area contributed by atoms with Gasteiger partial charge < -0.3 is 19.5 Å². The Morgan fingerprint density at radius 3 is 2.46 bits per heavy atom. The summed E-state index contributed by atoms with van der Waals surface area (Å²) < 4.78 is 5.63. The minimum atomic E-state index is -0.619. The van der Waals surface area contributed by atoms with E-state index in [9.17, 15) is 9.59 Å². The minimum Gasteiger partial charge on any atom is -0.444 e. The van der Waals surface area contributed by atoms with Gasteiger partial charge in [-0.15, -0.1) is 11.3 Å². The van der Waals surface area contributed by atoms with Crippen molar-refractivity contribution in [1.82, 2.24) is 19.9 Å². The molecule has 1 N–H and O–H groups in total. The molecule has 0 unspecified atom stereocenters. The molecule has 0 aliphatic carbocycles. The number of carbonyl (C=O) groups is 2. The first-order valence-electron chi connectivity index (χ1n) is 11.4. The number of hydrogen-bond donors (Lipinski definition) is 1. The van der Waals surface area contributed by atoms with Crippen molar-refractivity contribution in [2.75, 3.05) is 18.5 Å². The van der Waals surface area contributed by atoms with E-state index in [0.717, 1.165) is 21.7 Å². The lowest BCUT2D eigenvalue weighted by Gasteiger charge is -2.26. The van der Waals surface area contributed by atoms with Crippen LogP contribution in [0.25, 0.3) is 11.0 Å². The van der Waals surface area contributed by atoms with Crippen LogP contribution in [-0.2, 0) is 17.7 Å². The highest BCUT2D eigenvalue weighted by atomic mass is 32.1. The Kier molecular flexibility index (Phi) is 7.16. The van der Waals surface area contributed by atoms with Gasteiger partial charge in [-0.25, -0.2) is 14.8 Å². The molecule has 0 bridgehead atoms. The number of thiazole rings is 1. The van der Waals surface area contributed by atoms with Crippen LogP contribution in [0.3, 0.4) is 0 Å². The van der Waals surface area contributed by atoms with E-state index in [-0.39, 0.29) is 12.5 Å². The first-order valence-corrected chi connectivity index (χ1v) is 12.3. The Bertz CT molecular complexity index is 1280. The molecule has 0 fully saturated rings. The van der Waals surface area contributed by atoms with Crippen molar-refractivity contribution in [2.45, 2.75) is 39.3 Å². The molecule has 0 saturated carbocycles. The summed E-state index contributed by atoms with van der Waals surface area (Å²) in [6.07, 6.45) is 0.0709. The minimum absolute atomic E-state index is 0.176. The quantitative estimate of drug-likeness (QED) is 0.380. The number of H-pyrrole nitrogens is 1. The molecule has 4 rings (SSSR count). The molecule has 0 spiro atoms. The van der Waals surface area contributed by atoms with Crippen LogP contribution in [0.15, 0.2) is 60.0 Å². The van der Waals surface area contributed by atoms with Crippen LogP contribution in [0, 0.1) is 0 Å². The smallest absolute Gasteiger partial charge is 0.410 e. The second-order valence-corrected chi connectivity index (χ2v) is 10.1. The van der Waals surface area contributed by atoms with E-state index < -0.39 is 11.7 Å². The molecule has 2 aromatic carbocycles. The van der Waals surface area contributed by atoms with Gasteiger partial charge in [0, 0.05) is 31.1 Å². The van der Waals surface area contributed by atoms with Gasteiger partial charge in [-0.2, -0.15) is 0 Å². The lowest BCUT2D eigenvalue weighted by Crippen LogP contribution is -2.38. The molecule has 8 nitrogen and oxygen atoms in total. The fraction of sp³-hybridized carbons (Fsp3) is 0.308. The Labute approximate surface area is 208 Å². The highest BCUT2D eigenvalue weighted by Gasteiger charge is 2.24. The van der Waals surface area contributed by atoms with Crippen molar-refractivity contribution < 1.29 is 14.3 Å². The maximum atomic E-state index is 12.9. The van der Waals surface area contributed by atoms with Crippen LogP contribution < -0.4 is 4.90 Å². The lowest BCUT2D eigenvalue weighted by molar-refractivity contribution is 0.0231. The number of nitrogens with one attached hydrogen (secondary N) is 1. The van der Waals surface area contributed by atoms with Crippen LogP contribution in [-0.4, -0.2) is 51.0 Å². The van der Waals surface area contributed by atoms with Crippen molar-refractivity contribution in [1.29, 1.82) is 0 Å². The number of fused-ring (bicyclic) bond motifs is 1. The van der Waals surface area contributed by atoms with Gasteiger partial charge in [0.25, 0.3) is 5.91 Å². The molecule has 182 valence electrons. The summed E-state index contributed by atoms with van der Waals surface area (Å²) in [4.78, 5) is 41.4. The van der Waals surface area contributed by atoms with Crippen LogP contribution >= 0.6 is 11.3 Å². The van der Waals surface area contributed by atoms with Gasteiger partial charge in [0.15, 0.2) is 0 Å². The Morgan fingerprint density at radius 2 is 1.74 bits per heavy atom. The van der Waals surface area contributed by atoms with Crippen molar-refractivity contribution in [2.24, 2.45) is 0 Å². The molecule has 0 aliphatic rings. The zero-order valence-corrected chi connectivity index (χ0v) is 21.1. The number of nitrogens with zero attached hydrogens (tertiary/aromatic N) is 4. The number of benzene rings is 2. The SMILES string of the molecule is CN(C(=O)c1csc(CCN(Cc2nc3ccccc3[nH]2)C(=O)OC(C)(C)C)n1)c1ccccc1. The van der Waals surface area contributed by atoms with E-state index in [1.54, 1.807) is 22.2 Å². The van der Waals surface area contributed by atoms with Crippen molar-refractivity contribution in [3.63, 3.8) is 0 Å². The first-order chi connectivity index (χ1) is 16.7. The van der Waals surface area contributed by atoms with Crippen molar-refractivity contribution >= 4 is 40.1 Å². The number of aromatic amines is 1. The second-order valence-electron chi connectivity index (χ2n) is 9.18. The number of anilines is 1. The summed E-state index contributed by atoms with van der Waals surface area (Å²) in [5.41, 5.74) is 2.33. The van der Waals surface area contributed by atoms with Crippen molar-refractivity contribution in [3.05, 3.63) is 76.5 Å². The summed E-state index contributed by atoms with van der Waals surface area (Å²) in [7, 11) is 1.73. The normalized spacial score (nSPS) is 11.4. The topological polar surface area (TPSA) is 91.4 Å². The summed E-state index contributed by atoms with van der Waals surface area (Å²) >= 11 is 1.41. The predicted molar refractivity (Wildman–Crippen MR) is 138 cm³/mol. The molecule has 0 saturated heterocycles. The van der Waals surface area contributed by atoms with E-state index in [1.807, 2.05) is 75.4 Å². The number of amides is 2. The van der Waals surface area contributed by atoms with Gasteiger partial charge in [0.1, 0.15) is 17.1 Å². The Hall–Kier alpha value is -3.72. The van der Waals surface area contributed by atoms with E-state index >= 15 is 0 Å². The predicted octanol–water partition coefficient (Wildman–Crippen LogP) is 5.28. The first kappa shape index (κ1) is 24.4. The molecule has 4 aromatic rings. The van der Waals surface area contributed by atoms with Gasteiger partial charge in [0.05, 0.1) is 22.6 Å². The summed E-state index contributed by atoms with van der Waals surface area (Å²) in [6, 6.07) is 17.2. The Balaban J connectivity index is 1.46. The van der Waals surface area contributed by atoms with Crippen LogP contribution in [0.5, 0.6) is 0 Å². The van der Waals surface area contributed by atoms with Crippen molar-refractivity contribution in [3.8, 4) is 0 Å². The summed E-state index contributed by atoms with van der Waals surface area (Å²) in [5, 5.41) is 2.53. The van der Waals surface area contributed by atoms with E-state index in [0.29, 0.717) is 24.5 Å². The summed E-state index contributed by atoms with van der Waals surface area (Å²) in [6.45, 7) is 6.17. The maximum Gasteiger partial charge on any atom is 0.410 e. The lowest BCUT2D eigenvalue weighted by atomic mass is 10.2. The fourth-order valence-corrected chi connectivity index (χ4v) is 4.28. The molecule has 2 amide bonds. The van der Waals surface area contributed by atoms with Gasteiger partial charge in [-0.05, 0) is 45.0 Å². The standard InChI is InChI=1S/C26H29N5O3S/c1-26(2,3)34-25(33)31(16-22-27-19-12-8-9-13-20(19)28-22)15-14-23-29-21(17-35-23)24(32)30(4)18-10-6-5-7-11-18/h5-13,17H,14-16H2,1-4H3,(H,27,28). The van der Waals surface area contributed by atoms with E-state index in [4.69, 9.17) is 4.74 Å². The Morgan fingerprint density at radius 1 is 1.03 bits per heavy atom. The molecule has 9 heteroatoms. The van der Waals surface area contributed by atoms with Gasteiger partial charge >= 0.3 is 6.09 Å². The molecule has 2 aromatic heterocycles. The number of imidazole rings is 1. The number of rotatable bonds is 7. The highest BCUT2D eigenvalue weighted by Crippen LogP contribution is 2.19. The number of para-hydroxylation sites is 3. The summed E-state index contributed by atoms with van der Waals surface area (Å²) in [5.74, 6) is 0.501. The molecular formula is C26H29N5O3S. The maximum absolute atomic E-state index is 12.9. The van der Waals surface area contributed by atoms with E-state index in [2.05, 4.69) is 15.0 Å². The monoisotopic (exact) mass is 491 g/mol. The highest BCUT2D eigenvalue weighted by molar-refractivity contribution is 7.09. The average molecular weight is 492 g/mol. The number of aromatic nitrogens is 3. The van der Waals surface area contributed by atoms with Gasteiger partial charge in [0.2, 0.25) is 0 Å². The fourth-order valence-electron chi connectivity index (χ4n) is 3.52. The van der Waals surface area contributed by atoms with Gasteiger partial charge in [-0.3, -0.25) is 4.79 Å². The third kappa shape index (κ3) is 6.24. The molecule has 35 heavy (non-hydrogen) atoms. The number of ether oxygens (including phenoxy) is 1. The van der Waals surface area contributed by atoms with Crippen LogP contribution in [0.1, 0.15) is 42.1 Å². The van der Waals surface area contributed by atoms with Crippen LogP contribution in [0.4, 0.5) is 10.5 Å². The van der Waals surface area contributed by atoms with E-state index in [1.165, 1.54) is 11.3 Å². The third-order valence-electron chi connectivity index (χ3n) is 5.25. The van der Waals surface area contributed by atoms with Gasteiger partial charge in [-0.1, -0.05) is 30.3 Å². The zero-order valence-electron chi connectivity index (χ0n) is 20.3. The largest absolute Gasteiger partial charge is 0.444 e. The molecule has 2 heterocycles. The average Bonchev–Trinajstić information content (AvgIpc) is 3.46. The molecule has 0 aliphatic heterocycles. The zero-order chi connectivity index (χ0) is 25.0. The molecule has 0 atom stereocenters. The second kappa shape index (κ2) is 10.3.